The Morgan fingerprint density at radius 3 is 2.29 bits per heavy atom. The fraction of sp³-hybridized carbons (Fsp3) is 0.529. The van der Waals surface area contributed by atoms with Crippen molar-refractivity contribution in [1.29, 1.82) is 0 Å². The molecule has 0 aromatic heterocycles. The normalized spacial score (nSPS) is 23.6. The summed E-state index contributed by atoms with van der Waals surface area (Å²) in [5, 5.41) is 10.3. The van der Waals surface area contributed by atoms with E-state index in [-0.39, 0.29) is 0 Å². The first-order valence-corrected chi connectivity index (χ1v) is 7.85. The lowest BCUT2D eigenvalue weighted by Crippen LogP contribution is -2.59. The summed E-state index contributed by atoms with van der Waals surface area (Å²) in [5.41, 5.74) is -0.321. The monoisotopic (exact) mass is 338 g/mol. The molecule has 1 fully saturated rings. The Morgan fingerprint density at radius 2 is 1.83 bits per heavy atom. The van der Waals surface area contributed by atoms with Crippen molar-refractivity contribution in [3.05, 3.63) is 29.8 Å². The quantitative estimate of drug-likeness (QED) is 0.674. The molecule has 0 bridgehead atoms. The predicted molar refractivity (Wildman–Crippen MR) is 85.0 cm³/mol. The Bertz CT molecular complexity index is 607. The maximum absolute atomic E-state index is 12.6. The number of amides is 1. The van der Waals surface area contributed by atoms with E-state index in [1.807, 2.05) is 0 Å². The number of likely N-dealkylation sites (tertiary alicyclic amines) is 1. The Balaban J connectivity index is 2.24. The second-order valence-corrected chi connectivity index (χ2v) is 6.73. The van der Waals surface area contributed by atoms with Crippen LogP contribution < -0.4 is 4.84 Å². The number of hydrogen-bond donors (Lipinski definition) is 1. The van der Waals surface area contributed by atoms with Crippen LogP contribution in [0.1, 0.15) is 44.0 Å². The third-order valence-electron chi connectivity index (χ3n) is 3.68. The van der Waals surface area contributed by atoms with Crippen LogP contribution in [0.15, 0.2) is 24.3 Å². The van der Waals surface area contributed by atoms with Gasteiger partial charge in [-0.3, -0.25) is 0 Å². The van der Waals surface area contributed by atoms with Crippen molar-refractivity contribution < 1.29 is 33.7 Å². The van der Waals surface area contributed by atoms with E-state index in [9.17, 15) is 14.7 Å². The van der Waals surface area contributed by atoms with Gasteiger partial charge in [-0.15, -0.1) is 0 Å². The van der Waals surface area contributed by atoms with E-state index >= 15 is 0 Å². The van der Waals surface area contributed by atoms with E-state index in [2.05, 4.69) is 4.74 Å². The molecule has 0 aliphatic carbocycles. The molecule has 0 spiro atoms. The maximum atomic E-state index is 12.6. The number of benzene rings is 1. The number of hydrogen-bond acceptors (Lipinski definition) is 6. The molecule has 1 amide bonds. The van der Waals surface area contributed by atoms with Gasteiger partial charge in [0.05, 0.1) is 12.7 Å². The van der Waals surface area contributed by atoms with Gasteiger partial charge in [0, 0.05) is 12.8 Å². The smallest absolute Gasteiger partial charge is 0.465 e. The van der Waals surface area contributed by atoms with E-state index in [1.54, 1.807) is 32.9 Å². The zero-order chi connectivity index (χ0) is 18.0. The molecule has 24 heavy (non-hydrogen) atoms. The molecule has 7 heteroatoms. The highest BCUT2D eigenvalue weighted by atomic mass is 16.8. The van der Waals surface area contributed by atoms with Gasteiger partial charge in [-0.25, -0.2) is 4.79 Å². The fourth-order valence-electron chi connectivity index (χ4n) is 2.52. The third kappa shape index (κ3) is 3.85. The highest BCUT2D eigenvalue weighted by Gasteiger charge is 2.54. The van der Waals surface area contributed by atoms with Gasteiger partial charge in [-0.05, 0) is 49.7 Å². The number of nitrogens with zero attached hydrogens (tertiary/aromatic N) is 1. The van der Waals surface area contributed by atoms with Crippen molar-refractivity contribution >= 4 is 12.1 Å². The van der Waals surface area contributed by atoms with Crippen molar-refractivity contribution in [2.24, 2.45) is 0 Å². The number of aliphatic hydroxyl groups excluding tert-OH is 1. The molecule has 132 valence electrons. The van der Waals surface area contributed by atoms with Crippen molar-refractivity contribution in [3.8, 4) is 5.75 Å². The molecule has 0 saturated carbocycles. The number of quaternary nitrogens is 1. The average molecular weight is 338 g/mol. The van der Waals surface area contributed by atoms with Crippen molar-refractivity contribution in [3.63, 3.8) is 0 Å². The van der Waals surface area contributed by atoms with Crippen LogP contribution in [-0.2, 0) is 9.47 Å². The van der Waals surface area contributed by atoms with Gasteiger partial charge in [0.15, 0.2) is 5.75 Å². The lowest BCUT2D eigenvalue weighted by Gasteiger charge is -2.32. The van der Waals surface area contributed by atoms with Gasteiger partial charge in [0.1, 0.15) is 12.1 Å². The van der Waals surface area contributed by atoms with Gasteiger partial charge in [0.25, 0.3) is 0 Å². The molecule has 2 rings (SSSR count). The first kappa shape index (κ1) is 18.2. The van der Waals surface area contributed by atoms with Crippen LogP contribution in [0.3, 0.4) is 0 Å². The molecule has 1 aromatic carbocycles. The molecule has 1 aromatic rings. The van der Waals surface area contributed by atoms with Gasteiger partial charge < -0.3 is 19.4 Å². The lowest BCUT2D eigenvalue weighted by molar-refractivity contribution is -1.04. The average Bonchev–Trinajstić information content (AvgIpc) is 2.87. The number of methoxy groups -OCH3 is 1. The number of aliphatic hydroxyl groups is 1. The molecule has 1 aliphatic heterocycles. The topological polar surface area (TPSA) is 82.1 Å². The number of ether oxygens (including phenoxy) is 2. The first-order chi connectivity index (χ1) is 11.2. The molecule has 1 aliphatic rings. The summed E-state index contributed by atoms with van der Waals surface area (Å²) in [6.45, 7) is 5.59. The summed E-state index contributed by atoms with van der Waals surface area (Å²) < 4.78 is 9.43. The summed E-state index contributed by atoms with van der Waals surface area (Å²) in [6.07, 6.45) is -0.551. The van der Waals surface area contributed by atoms with Crippen LogP contribution in [0.4, 0.5) is 4.79 Å². The van der Waals surface area contributed by atoms with Crippen LogP contribution in [0.5, 0.6) is 5.75 Å². The summed E-state index contributed by atoms with van der Waals surface area (Å²) in [7, 11) is 1.30. The minimum absolute atomic E-state index is 0.314. The van der Waals surface area contributed by atoms with Gasteiger partial charge in [-0.2, -0.15) is 4.79 Å². The Kier molecular flexibility index (Phi) is 5.15. The zero-order valence-corrected chi connectivity index (χ0v) is 14.4. The second kappa shape index (κ2) is 6.78. The molecular weight excluding hydrogens is 314 g/mol. The number of carbonyl (C=O) groups excluding carboxylic acids is 2. The first-order valence-electron chi connectivity index (χ1n) is 7.85. The van der Waals surface area contributed by atoms with Gasteiger partial charge in [0.2, 0.25) is 6.23 Å². The van der Waals surface area contributed by atoms with E-state index in [0.29, 0.717) is 30.7 Å². The van der Waals surface area contributed by atoms with Crippen LogP contribution in [-0.4, -0.2) is 47.3 Å². The van der Waals surface area contributed by atoms with Crippen molar-refractivity contribution in [1.82, 2.24) is 0 Å². The van der Waals surface area contributed by atoms with E-state index in [1.165, 1.54) is 19.2 Å². The maximum Gasteiger partial charge on any atom is 0.561 e. The largest absolute Gasteiger partial charge is 0.561 e. The zero-order valence-electron chi connectivity index (χ0n) is 14.4. The summed E-state index contributed by atoms with van der Waals surface area (Å²) >= 11 is 0. The minimum atomic E-state index is -1.000. The lowest BCUT2D eigenvalue weighted by atomic mass is 10.2. The third-order valence-corrected chi connectivity index (χ3v) is 3.68. The van der Waals surface area contributed by atoms with E-state index in [0.717, 1.165) is 0 Å². The summed E-state index contributed by atoms with van der Waals surface area (Å²) in [5.74, 6) is -0.103. The SMILES string of the molecule is COC(=O)c1ccc(O[N+]2(C(=O)OC(C)(C)C)CCCC2O)cc1. The summed E-state index contributed by atoms with van der Waals surface area (Å²) in [4.78, 5) is 29.9. The van der Waals surface area contributed by atoms with Crippen molar-refractivity contribution in [2.45, 2.75) is 45.4 Å². The molecule has 2 atom stereocenters. The Labute approximate surface area is 141 Å². The van der Waals surface area contributed by atoms with Crippen LogP contribution in [0.2, 0.25) is 0 Å². The Morgan fingerprint density at radius 1 is 1.21 bits per heavy atom. The number of carbonyl (C=O) groups is 2. The van der Waals surface area contributed by atoms with Gasteiger partial charge in [-0.1, -0.05) is 0 Å². The summed E-state index contributed by atoms with van der Waals surface area (Å²) in [6, 6.07) is 6.19. The van der Waals surface area contributed by atoms with Crippen LogP contribution in [0.25, 0.3) is 0 Å². The Hall–Kier alpha value is -2.12. The van der Waals surface area contributed by atoms with Crippen LogP contribution in [0, 0.1) is 0 Å². The predicted octanol–water partition coefficient (Wildman–Crippen LogP) is 2.63. The van der Waals surface area contributed by atoms with E-state index < -0.39 is 28.5 Å². The highest BCUT2D eigenvalue weighted by molar-refractivity contribution is 5.89. The number of hydroxylamine groups is 3. The second-order valence-electron chi connectivity index (χ2n) is 6.73. The molecule has 2 unspecified atom stereocenters. The molecule has 1 saturated heterocycles. The van der Waals surface area contributed by atoms with E-state index in [4.69, 9.17) is 9.57 Å². The minimum Gasteiger partial charge on any atom is -0.465 e. The molecule has 7 nitrogen and oxygen atoms in total. The van der Waals surface area contributed by atoms with Crippen molar-refractivity contribution in [2.75, 3.05) is 13.7 Å². The molecule has 1 N–H and O–H groups in total. The molecule has 1 heterocycles. The fourth-order valence-corrected chi connectivity index (χ4v) is 2.52. The van der Waals surface area contributed by atoms with Crippen LogP contribution >= 0.6 is 0 Å². The molecular formula is C17H24NO6+. The number of rotatable bonds is 3. The standard InChI is InChI=1S/C17H24NO6/c1-17(2,3)23-16(21)18(11-5-6-14(18)19)24-13-9-7-12(8-10-13)15(20)22-4/h7-10,14,19H,5-6,11H2,1-4H3/q+1. The van der Waals surface area contributed by atoms with Gasteiger partial charge >= 0.3 is 12.1 Å². The number of esters is 1. The highest BCUT2D eigenvalue weighted by Crippen LogP contribution is 2.31. The molecule has 0 radical (unpaired) electrons.